The Bertz CT molecular complexity index is 1500. The molecule has 0 saturated carbocycles. The van der Waals surface area contributed by atoms with E-state index in [-0.39, 0.29) is 30.3 Å². The number of pyridine rings is 1. The topological polar surface area (TPSA) is 103 Å². The fourth-order valence-electron chi connectivity index (χ4n) is 4.46. The molecule has 35 heavy (non-hydrogen) atoms. The van der Waals surface area contributed by atoms with Crippen LogP contribution in [0.4, 0.5) is 0 Å². The fourth-order valence-corrected chi connectivity index (χ4v) is 5.27. The third-order valence-electron chi connectivity index (χ3n) is 6.14. The summed E-state index contributed by atoms with van der Waals surface area (Å²) < 4.78 is 0. The van der Waals surface area contributed by atoms with Crippen molar-refractivity contribution in [2.75, 3.05) is 0 Å². The van der Waals surface area contributed by atoms with Crippen LogP contribution in [0.5, 0.6) is 0 Å². The van der Waals surface area contributed by atoms with Gasteiger partial charge in [-0.2, -0.15) is 5.10 Å². The zero-order valence-corrected chi connectivity index (χ0v) is 19.8. The smallest absolute Gasteiger partial charge is 0.303 e. The molecule has 1 aliphatic heterocycles. The molecular formula is C27H23N3O4S. The lowest BCUT2D eigenvalue weighted by Crippen LogP contribution is -2.26. The summed E-state index contributed by atoms with van der Waals surface area (Å²) in [7, 11) is 0. The van der Waals surface area contributed by atoms with Crippen molar-refractivity contribution in [2.24, 2.45) is 5.10 Å². The second-order valence-electron chi connectivity index (χ2n) is 8.53. The normalized spacial score (nSPS) is 15.4. The standard InChI is InChI=1S/C27H23N3O4S/c1-16-8-10-17(11-9-16)25-18-5-2-3-6-19(18)28-27(34)26(25)20-15-21(22-7-4-14-35-22)30(29-20)23(31)12-13-24(32)33/h2-11,14,21H,12-13,15H2,1H3,(H,28,34)(H,32,33)/t21-/m1/s1. The Hall–Kier alpha value is -4.04. The average molecular weight is 486 g/mol. The van der Waals surface area contributed by atoms with Gasteiger partial charge in [0.25, 0.3) is 5.56 Å². The van der Waals surface area contributed by atoms with E-state index in [4.69, 9.17) is 5.11 Å². The monoisotopic (exact) mass is 485 g/mol. The van der Waals surface area contributed by atoms with Gasteiger partial charge in [0.15, 0.2) is 0 Å². The summed E-state index contributed by atoms with van der Waals surface area (Å²) in [5, 5.41) is 17.9. The van der Waals surface area contributed by atoms with E-state index in [1.54, 1.807) is 0 Å². The number of aromatic nitrogens is 1. The number of amides is 1. The number of hydrogen-bond donors (Lipinski definition) is 2. The fraction of sp³-hybridized carbons (Fsp3) is 0.185. The van der Waals surface area contributed by atoms with Crippen LogP contribution in [0.1, 0.15) is 41.3 Å². The molecule has 2 aromatic heterocycles. The lowest BCUT2D eigenvalue weighted by atomic mass is 9.91. The number of aliphatic carboxylic acids is 1. The van der Waals surface area contributed by atoms with Gasteiger partial charge >= 0.3 is 5.97 Å². The van der Waals surface area contributed by atoms with Crippen molar-refractivity contribution in [3.63, 3.8) is 0 Å². The Balaban J connectivity index is 1.68. The van der Waals surface area contributed by atoms with Crippen molar-refractivity contribution >= 4 is 39.8 Å². The van der Waals surface area contributed by atoms with Crippen LogP contribution in [0.2, 0.25) is 0 Å². The van der Waals surface area contributed by atoms with E-state index in [0.29, 0.717) is 17.7 Å². The summed E-state index contributed by atoms with van der Waals surface area (Å²) in [6.07, 6.45) is -0.0744. The van der Waals surface area contributed by atoms with Crippen molar-refractivity contribution in [1.29, 1.82) is 0 Å². The number of benzene rings is 2. The van der Waals surface area contributed by atoms with Gasteiger partial charge in [0.05, 0.1) is 23.7 Å². The van der Waals surface area contributed by atoms with E-state index in [1.807, 2.05) is 73.0 Å². The number of nitrogens with one attached hydrogen (secondary N) is 1. The Morgan fingerprint density at radius 3 is 2.54 bits per heavy atom. The molecule has 0 fully saturated rings. The Kier molecular flexibility index (Phi) is 6.05. The summed E-state index contributed by atoms with van der Waals surface area (Å²) in [5.74, 6) is -1.42. The predicted molar refractivity (Wildman–Crippen MR) is 137 cm³/mol. The molecule has 0 spiro atoms. The summed E-state index contributed by atoms with van der Waals surface area (Å²) in [6, 6.07) is 19.1. The Morgan fingerprint density at radius 1 is 1.06 bits per heavy atom. The summed E-state index contributed by atoms with van der Waals surface area (Å²) >= 11 is 1.50. The Labute approximate surface area is 205 Å². The number of aromatic amines is 1. The maximum atomic E-state index is 13.5. The highest BCUT2D eigenvalue weighted by Crippen LogP contribution is 2.38. The molecule has 0 saturated heterocycles. The maximum Gasteiger partial charge on any atom is 0.303 e. The van der Waals surface area contributed by atoms with Crippen molar-refractivity contribution in [1.82, 2.24) is 9.99 Å². The van der Waals surface area contributed by atoms with Gasteiger partial charge in [-0.3, -0.25) is 14.4 Å². The number of carboxylic acids is 1. The number of hydrazone groups is 1. The minimum Gasteiger partial charge on any atom is -0.481 e. The molecule has 176 valence electrons. The molecule has 0 bridgehead atoms. The van der Waals surface area contributed by atoms with Crippen molar-refractivity contribution in [3.05, 3.63) is 92.4 Å². The molecular weight excluding hydrogens is 462 g/mol. The van der Waals surface area contributed by atoms with Gasteiger partial charge in [0.1, 0.15) is 0 Å². The molecule has 1 atom stereocenters. The van der Waals surface area contributed by atoms with Crippen LogP contribution in [0.15, 0.2) is 75.9 Å². The molecule has 1 aliphatic rings. The minimum atomic E-state index is -1.04. The quantitative estimate of drug-likeness (QED) is 0.396. The van der Waals surface area contributed by atoms with Crippen LogP contribution in [0.3, 0.4) is 0 Å². The van der Waals surface area contributed by atoms with Crippen LogP contribution < -0.4 is 5.56 Å². The van der Waals surface area contributed by atoms with Gasteiger partial charge in [0.2, 0.25) is 5.91 Å². The van der Waals surface area contributed by atoms with Crippen LogP contribution in [-0.2, 0) is 9.59 Å². The van der Waals surface area contributed by atoms with Crippen molar-refractivity contribution < 1.29 is 14.7 Å². The minimum absolute atomic E-state index is 0.160. The molecule has 0 radical (unpaired) electrons. The Morgan fingerprint density at radius 2 is 1.83 bits per heavy atom. The summed E-state index contributed by atoms with van der Waals surface area (Å²) in [6.45, 7) is 2.01. The number of H-pyrrole nitrogens is 1. The molecule has 8 heteroatoms. The van der Waals surface area contributed by atoms with Gasteiger partial charge in [-0.1, -0.05) is 54.1 Å². The average Bonchev–Trinajstić information content (AvgIpc) is 3.52. The lowest BCUT2D eigenvalue weighted by Gasteiger charge is -2.20. The van der Waals surface area contributed by atoms with Crippen LogP contribution in [-0.4, -0.2) is 32.7 Å². The number of aryl methyl sites for hydroxylation is 1. The number of fused-ring (bicyclic) bond motifs is 1. The van der Waals surface area contributed by atoms with Crippen LogP contribution >= 0.6 is 11.3 Å². The molecule has 2 aromatic carbocycles. The number of rotatable bonds is 6. The van der Waals surface area contributed by atoms with Gasteiger partial charge in [-0.25, -0.2) is 5.01 Å². The SMILES string of the molecule is Cc1ccc(-c2c(C3=NN(C(=O)CCC(=O)O)[C@@H](c4cccs4)C3)c(=O)[nH]c3ccccc23)cc1. The highest BCUT2D eigenvalue weighted by atomic mass is 32.1. The number of thiophene rings is 1. The van der Waals surface area contributed by atoms with Crippen molar-refractivity contribution in [2.45, 2.75) is 32.2 Å². The molecule has 3 heterocycles. The van der Waals surface area contributed by atoms with Crippen LogP contribution in [0.25, 0.3) is 22.0 Å². The molecule has 4 aromatic rings. The van der Waals surface area contributed by atoms with Gasteiger partial charge in [0, 0.05) is 34.2 Å². The first-order valence-electron chi connectivity index (χ1n) is 11.3. The van der Waals surface area contributed by atoms with E-state index < -0.39 is 5.97 Å². The van der Waals surface area contributed by atoms with E-state index in [2.05, 4.69) is 10.1 Å². The molecule has 1 amide bonds. The summed E-state index contributed by atoms with van der Waals surface area (Å²) in [4.78, 5) is 41.4. The zero-order valence-electron chi connectivity index (χ0n) is 19.0. The van der Waals surface area contributed by atoms with E-state index in [0.717, 1.165) is 32.5 Å². The maximum absolute atomic E-state index is 13.5. The third kappa shape index (κ3) is 4.40. The number of carbonyl (C=O) groups is 2. The highest BCUT2D eigenvalue weighted by molar-refractivity contribution is 7.10. The molecule has 7 nitrogen and oxygen atoms in total. The number of hydrogen-bond acceptors (Lipinski definition) is 5. The number of para-hydroxylation sites is 1. The van der Waals surface area contributed by atoms with E-state index in [9.17, 15) is 14.4 Å². The van der Waals surface area contributed by atoms with Gasteiger partial charge in [-0.15, -0.1) is 11.3 Å². The van der Waals surface area contributed by atoms with Crippen LogP contribution in [0, 0.1) is 6.92 Å². The zero-order chi connectivity index (χ0) is 24.5. The van der Waals surface area contributed by atoms with E-state index in [1.165, 1.54) is 16.3 Å². The van der Waals surface area contributed by atoms with Crippen molar-refractivity contribution in [3.8, 4) is 11.1 Å². The third-order valence-corrected chi connectivity index (χ3v) is 7.11. The van der Waals surface area contributed by atoms with Gasteiger partial charge < -0.3 is 10.1 Å². The van der Waals surface area contributed by atoms with E-state index >= 15 is 0 Å². The first-order chi connectivity index (χ1) is 16.9. The first-order valence-corrected chi connectivity index (χ1v) is 12.2. The number of carbonyl (C=O) groups excluding carboxylic acids is 1. The molecule has 5 rings (SSSR count). The molecule has 0 unspecified atom stereocenters. The largest absolute Gasteiger partial charge is 0.481 e. The predicted octanol–water partition coefficient (Wildman–Crippen LogP) is 5.11. The molecule has 0 aliphatic carbocycles. The second-order valence-corrected chi connectivity index (χ2v) is 9.51. The highest BCUT2D eigenvalue weighted by Gasteiger charge is 2.35. The second kappa shape index (κ2) is 9.31. The summed E-state index contributed by atoms with van der Waals surface area (Å²) in [5.41, 5.74) is 4.15. The first kappa shape index (κ1) is 22.7. The van der Waals surface area contributed by atoms with Gasteiger partial charge in [-0.05, 0) is 30.0 Å². The number of nitrogens with zero attached hydrogens (tertiary/aromatic N) is 2. The number of carboxylic acid groups (broad SMARTS) is 1. The lowest BCUT2D eigenvalue weighted by molar-refractivity contribution is -0.141. The molecule has 2 N–H and O–H groups in total.